The standard InChI is InChI=1S/C28H23Cl2N7O3/c29-20-11-6-10-19(23(20)30)24-34-25-18-9-4-5-12-21(18)32-27(37(25)35-24)33-22-15-36(14-13-31-26(22)38)28(39)40-16-17-7-2-1-3-8-17/h1-12,22H,13-16H2,(H,31,38)(H,32,33)/t22-/m1/s1. The van der Waals surface area contributed by atoms with Crippen molar-refractivity contribution in [2.45, 2.75) is 12.6 Å². The van der Waals surface area contributed by atoms with Crippen LogP contribution in [0.3, 0.4) is 0 Å². The molecule has 1 saturated heterocycles. The van der Waals surface area contributed by atoms with Crippen molar-refractivity contribution in [3.05, 3.63) is 88.4 Å². The summed E-state index contributed by atoms with van der Waals surface area (Å²) >= 11 is 12.7. The minimum Gasteiger partial charge on any atom is -0.445 e. The first-order valence-electron chi connectivity index (χ1n) is 12.6. The lowest BCUT2D eigenvalue weighted by molar-refractivity contribution is -0.121. The summed E-state index contributed by atoms with van der Waals surface area (Å²) in [7, 11) is 0. The van der Waals surface area contributed by atoms with Gasteiger partial charge in [0.1, 0.15) is 12.6 Å². The lowest BCUT2D eigenvalue weighted by Crippen LogP contribution is -2.44. The minimum atomic E-state index is -0.828. The van der Waals surface area contributed by atoms with Gasteiger partial charge in [-0.1, -0.05) is 71.7 Å². The number of hydrogen-bond donors (Lipinski definition) is 2. The molecule has 10 nitrogen and oxygen atoms in total. The number of benzene rings is 3. The summed E-state index contributed by atoms with van der Waals surface area (Å²) in [6.07, 6.45) is -0.512. The number of ether oxygens (including phenoxy) is 1. The molecule has 3 heterocycles. The zero-order valence-corrected chi connectivity index (χ0v) is 22.6. The number of nitrogens with zero attached hydrogens (tertiary/aromatic N) is 5. The maximum atomic E-state index is 13.0. The molecule has 0 saturated carbocycles. The number of anilines is 1. The van der Waals surface area contributed by atoms with Crippen LogP contribution in [0.1, 0.15) is 5.56 Å². The number of para-hydroxylation sites is 1. The van der Waals surface area contributed by atoms with E-state index in [1.807, 2.05) is 54.6 Å². The molecule has 1 aliphatic rings. The number of aromatic nitrogens is 4. The van der Waals surface area contributed by atoms with E-state index in [1.54, 1.807) is 18.2 Å². The van der Waals surface area contributed by atoms with Crippen LogP contribution in [-0.2, 0) is 16.1 Å². The summed E-state index contributed by atoms with van der Waals surface area (Å²) in [4.78, 5) is 36.9. The summed E-state index contributed by atoms with van der Waals surface area (Å²) in [5.74, 6) is 0.357. The Balaban J connectivity index is 1.32. The molecular formula is C28H23Cl2N7O3. The third-order valence-electron chi connectivity index (χ3n) is 6.54. The predicted octanol–water partition coefficient (Wildman–Crippen LogP) is 4.80. The first kappa shape index (κ1) is 25.8. The lowest BCUT2D eigenvalue weighted by Gasteiger charge is -2.23. The Hall–Kier alpha value is -4.41. The predicted molar refractivity (Wildman–Crippen MR) is 152 cm³/mol. The molecule has 2 aromatic heterocycles. The van der Waals surface area contributed by atoms with Gasteiger partial charge < -0.3 is 20.3 Å². The van der Waals surface area contributed by atoms with Gasteiger partial charge in [0.2, 0.25) is 11.9 Å². The molecule has 1 aliphatic heterocycles. The number of hydrogen-bond acceptors (Lipinski definition) is 7. The van der Waals surface area contributed by atoms with E-state index in [1.165, 1.54) is 9.42 Å². The quantitative estimate of drug-likeness (QED) is 0.309. The molecule has 40 heavy (non-hydrogen) atoms. The van der Waals surface area contributed by atoms with Crippen molar-refractivity contribution in [2.24, 2.45) is 0 Å². The largest absolute Gasteiger partial charge is 0.445 e. The van der Waals surface area contributed by atoms with Crippen molar-refractivity contribution in [1.82, 2.24) is 29.8 Å². The Kier molecular flexibility index (Phi) is 7.10. The molecule has 12 heteroatoms. The first-order valence-corrected chi connectivity index (χ1v) is 13.3. The highest BCUT2D eigenvalue weighted by Gasteiger charge is 2.30. The zero-order valence-electron chi connectivity index (χ0n) is 21.1. The second kappa shape index (κ2) is 11.0. The Morgan fingerprint density at radius 2 is 1.82 bits per heavy atom. The Morgan fingerprint density at radius 3 is 2.67 bits per heavy atom. The van der Waals surface area contributed by atoms with Crippen molar-refractivity contribution in [3.8, 4) is 11.4 Å². The van der Waals surface area contributed by atoms with Crippen LogP contribution in [0, 0.1) is 0 Å². The van der Waals surface area contributed by atoms with Crippen molar-refractivity contribution in [2.75, 3.05) is 25.0 Å². The van der Waals surface area contributed by atoms with Gasteiger partial charge in [0.15, 0.2) is 11.5 Å². The number of fused-ring (bicyclic) bond motifs is 3. The highest BCUT2D eigenvalue weighted by molar-refractivity contribution is 6.43. The monoisotopic (exact) mass is 575 g/mol. The maximum Gasteiger partial charge on any atom is 0.410 e. The molecule has 5 aromatic rings. The summed E-state index contributed by atoms with van der Waals surface area (Å²) in [6.45, 7) is 0.797. The van der Waals surface area contributed by atoms with Crippen LogP contribution in [0.5, 0.6) is 0 Å². The van der Waals surface area contributed by atoms with Gasteiger partial charge in [-0.2, -0.15) is 4.52 Å². The van der Waals surface area contributed by atoms with Gasteiger partial charge in [-0.3, -0.25) is 4.79 Å². The van der Waals surface area contributed by atoms with E-state index in [0.717, 1.165) is 10.9 Å². The fourth-order valence-corrected chi connectivity index (χ4v) is 4.90. The van der Waals surface area contributed by atoms with E-state index in [-0.39, 0.29) is 25.0 Å². The van der Waals surface area contributed by atoms with Gasteiger partial charge >= 0.3 is 6.09 Å². The van der Waals surface area contributed by atoms with Crippen molar-refractivity contribution in [3.63, 3.8) is 0 Å². The normalized spacial score (nSPS) is 15.6. The molecule has 202 valence electrons. The van der Waals surface area contributed by atoms with Gasteiger partial charge in [0.05, 0.1) is 22.1 Å². The average Bonchev–Trinajstić information content (AvgIpc) is 3.34. The van der Waals surface area contributed by atoms with E-state index < -0.39 is 12.1 Å². The Morgan fingerprint density at radius 1 is 1.02 bits per heavy atom. The van der Waals surface area contributed by atoms with E-state index in [4.69, 9.17) is 37.9 Å². The van der Waals surface area contributed by atoms with E-state index in [9.17, 15) is 9.59 Å². The molecule has 6 rings (SSSR count). The molecule has 1 atom stereocenters. The zero-order chi connectivity index (χ0) is 27.6. The fourth-order valence-electron chi connectivity index (χ4n) is 4.52. The number of amides is 2. The second-order valence-electron chi connectivity index (χ2n) is 9.20. The summed E-state index contributed by atoms with van der Waals surface area (Å²) < 4.78 is 7.04. The van der Waals surface area contributed by atoms with E-state index in [0.29, 0.717) is 45.7 Å². The van der Waals surface area contributed by atoms with Crippen LogP contribution in [0.2, 0.25) is 10.0 Å². The van der Waals surface area contributed by atoms with Crippen LogP contribution in [0.4, 0.5) is 10.7 Å². The highest BCUT2D eigenvalue weighted by Crippen LogP contribution is 2.33. The molecule has 3 aromatic carbocycles. The average molecular weight is 576 g/mol. The van der Waals surface area contributed by atoms with Gasteiger partial charge in [-0.05, 0) is 29.8 Å². The number of carbonyl (C=O) groups is 2. The lowest BCUT2D eigenvalue weighted by atomic mass is 10.2. The molecule has 2 amide bonds. The summed E-state index contributed by atoms with van der Waals surface area (Å²) in [6, 6.07) is 21.3. The molecule has 0 unspecified atom stereocenters. The minimum absolute atomic E-state index is 0.0666. The fraction of sp³-hybridized carbons (Fsp3) is 0.179. The number of nitrogens with one attached hydrogen (secondary N) is 2. The number of halogens is 2. The van der Waals surface area contributed by atoms with Crippen LogP contribution in [0.25, 0.3) is 27.9 Å². The van der Waals surface area contributed by atoms with Gasteiger partial charge in [-0.25, -0.2) is 14.8 Å². The molecular weight excluding hydrogens is 553 g/mol. The van der Waals surface area contributed by atoms with Crippen molar-refractivity contribution < 1.29 is 14.3 Å². The van der Waals surface area contributed by atoms with E-state index >= 15 is 0 Å². The van der Waals surface area contributed by atoms with Crippen molar-refractivity contribution >= 4 is 57.7 Å². The SMILES string of the molecule is O=C1NCCN(C(=O)OCc2ccccc2)C[C@H]1Nc1nc2ccccc2c2nc(-c3cccc(Cl)c3Cl)nn12. The van der Waals surface area contributed by atoms with Crippen LogP contribution in [-0.4, -0.2) is 62.2 Å². The second-order valence-corrected chi connectivity index (χ2v) is 9.98. The topological polar surface area (TPSA) is 114 Å². The van der Waals surface area contributed by atoms with E-state index in [2.05, 4.69) is 15.7 Å². The van der Waals surface area contributed by atoms with Crippen LogP contribution >= 0.6 is 23.2 Å². The van der Waals surface area contributed by atoms with Gasteiger partial charge in [-0.15, -0.1) is 5.10 Å². The van der Waals surface area contributed by atoms with Crippen molar-refractivity contribution in [1.29, 1.82) is 0 Å². The highest BCUT2D eigenvalue weighted by atomic mass is 35.5. The maximum absolute atomic E-state index is 13.0. The molecule has 0 bridgehead atoms. The third kappa shape index (κ3) is 5.11. The Labute approximate surface area is 238 Å². The summed E-state index contributed by atoms with van der Waals surface area (Å²) in [5.41, 5.74) is 2.61. The van der Waals surface area contributed by atoms with Crippen LogP contribution in [0.15, 0.2) is 72.8 Å². The summed E-state index contributed by atoms with van der Waals surface area (Å²) in [5, 5.41) is 12.2. The van der Waals surface area contributed by atoms with Crippen LogP contribution < -0.4 is 10.6 Å². The first-order chi connectivity index (χ1) is 19.5. The Bertz CT molecular complexity index is 1730. The van der Waals surface area contributed by atoms with Gasteiger partial charge in [0.25, 0.3) is 0 Å². The molecule has 0 spiro atoms. The molecule has 0 radical (unpaired) electrons. The molecule has 0 aliphatic carbocycles. The van der Waals surface area contributed by atoms with Gasteiger partial charge in [0, 0.05) is 24.0 Å². The third-order valence-corrected chi connectivity index (χ3v) is 7.36. The molecule has 1 fully saturated rings. The number of carbonyl (C=O) groups excluding carboxylic acids is 2. The number of rotatable bonds is 5. The molecule has 2 N–H and O–H groups in total. The smallest absolute Gasteiger partial charge is 0.410 e.